The number of carbonyl (C=O) groups is 1. The number of hydrogen-bond acceptors (Lipinski definition) is 4. The number of carbonyl (C=O) groups excluding carboxylic acids is 1. The van der Waals surface area contributed by atoms with Gasteiger partial charge in [0, 0.05) is 50.8 Å². The van der Waals surface area contributed by atoms with Gasteiger partial charge in [0.1, 0.15) is 11.8 Å². The third kappa shape index (κ3) is 2.75. The highest BCUT2D eigenvalue weighted by molar-refractivity contribution is 5.87. The maximum Gasteiger partial charge on any atom is 0.223 e. The number of anilines is 1. The third-order valence-electron chi connectivity index (χ3n) is 5.70. The number of nitrogens with zero attached hydrogens (tertiary/aromatic N) is 5. The van der Waals surface area contributed by atoms with Gasteiger partial charge in [0.2, 0.25) is 5.91 Å². The highest BCUT2D eigenvalue weighted by Crippen LogP contribution is 2.30. The van der Waals surface area contributed by atoms with Crippen LogP contribution < -0.4 is 4.90 Å². The first kappa shape index (κ1) is 16.3. The van der Waals surface area contributed by atoms with Crippen LogP contribution in [0, 0.1) is 12.8 Å². The lowest BCUT2D eigenvalue weighted by Crippen LogP contribution is -2.46. The first-order chi connectivity index (χ1) is 12.1. The number of piperidine rings is 1. The molecule has 2 aliphatic rings. The summed E-state index contributed by atoms with van der Waals surface area (Å²) in [7, 11) is 2.04. The molecule has 134 valence electrons. The van der Waals surface area contributed by atoms with Crippen LogP contribution in [0.2, 0.25) is 0 Å². The van der Waals surface area contributed by atoms with Gasteiger partial charge in [-0.15, -0.1) is 0 Å². The second-order valence-electron chi connectivity index (χ2n) is 7.26. The van der Waals surface area contributed by atoms with E-state index in [1.807, 2.05) is 11.9 Å². The molecule has 1 amide bonds. The van der Waals surface area contributed by atoms with Gasteiger partial charge in [-0.25, -0.2) is 9.97 Å². The van der Waals surface area contributed by atoms with Gasteiger partial charge >= 0.3 is 0 Å². The Kier molecular flexibility index (Phi) is 4.09. The lowest BCUT2D eigenvalue weighted by Gasteiger charge is -2.37. The minimum Gasteiger partial charge on any atom is -0.355 e. The molecule has 0 aliphatic carbocycles. The summed E-state index contributed by atoms with van der Waals surface area (Å²) < 4.78 is 15.0. The molecule has 4 heterocycles. The van der Waals surface area contributed by atoms with E-state index >= 15 is 0 Å². The van der Waals surface area contributed by atoms with Crippen molar-refractivity contribution >= 4 is 22.8 Å². The van der Waals surface area contributed by atoms with Crippen molar-refractivity contribution in [3.05, 3.63) is 18.1 Å². The molecule has 1 unspecified atom stereocenters. The summed E-state index contributed by atoms with van der Waals surface area (Å²) in [4.78, 5) is 25.2. The van der Waals surface area contributed by atoms with E-state index in [2.05, 4.69) is 32.4 Å². The first-order valence-electron chi connectivity index (χ1n) is 8.96. The molecular weight excluding hydrogens is 321 g/mol. The van der Waals surface area contributed by atoms with Crippen molar-refractivity contribution in [3.8, 4) is 0 Å². The fourth-order valence-electron chi connectivity index (χ4n) is 4.17. The number of rotatable bonds is 3. The molecule has 2 aliphatic heterocycles. The number of hydrogen-bond donors (Lipinski definition) is 0. The number of aryl methyl sites for hydroxylation is 2. The molecule has 0 radical (unpaired) electrons. The van der Waals surface area contributed by atoms with Crippen LogP contribution >= 0.6 is 0 Å². The number of amides is 1. The first-order valence-corrected chi connectivity index (χ1v) is 8.96. The van der Waals surface area contributed by atoms with Gasteiger partial charge < -0.3 is 14.4 Å². The number of aromatic nitrogens is 3. The van der Waals surface area contributed by atoms with Crippen LogP contribution in [0.3, 0.4) is 0 Å². The van der Waals surface area contributed by atoms with Crippen molar-refractivity contribution in [3.63, 3.8) is 0 Å². The topological polar surface area (TPSA) is 54.3 Å². The summed E-state index contributed by atoms with van der Waals surface area (Å²) in [5.41, 5.74) is 3.19. The van der Waals surface area contributed by atoms with Gasteiger partial charge in [-0.3, -0.25) is 9.18 Å². The smallest absolute Gasteiger partial charge is 0.223 e. The fraction of sp³-hybridized carbons (Fsp3) is 0.611. The van der Waals surface area contributed by atoms with Crippen molar-refractivity contribution in [2.75, 3.05) is 31.2 Å². The van der Waals surface area contributed by atoms with Crippen molar-refractivity contribution < 1.29 is 9.18 Å². The SMILES string of the molecule is Cc1cc2ncnc(N3CCC(N4CC(CF)CC4=O)CC3)c2n1C. The van der Waals surface area contributed by atoms with Crippen molar-refractivity contribution in [1.82, 2.24) is 19.4 Å². The zero-order valence-electron chi connectivity index (χ0n) is 14.8. The maximum absolute atomic E-state index is 12.9. The van der Waals surface area contributed by atoms with Gasteiger partial charge in [0.15, 0.2) is 5.82 Å². The highest BCUT2D eigenvalue weighted by atomic mass is 19.1. The van der Waals surface area contributed by atoms with E-state index in [1.54, 1.807) is 6.33 Å². The van der Waals surface area contributed by atoms with Crippen molar-refractivity contribution in [1.29, 1.82) is 0 Å². The second-order valence-corrected chi connectivity index (χ2v) is 7.26. The molecule has 25 heavy (non-hydrogen) atoms. The maximum atomic E-state index is 12.9. The minimum absolute atomic E-state index is 0.113. The molecule has 0 bridgehead atoms. The Labute approximate surface area is 146 Å². The average Bonchev–Trinajstić information content (AvgIpc) is 3.15. The Morgan fingerprint density at radius 2 is 2.04 bits per heavy atom. The Morgan fingerprint density at radius 1 is 1.28 bits per heavy atom. The average molecular weight is 345 g/mol. The molecule has 2 fully saturated rings. The number of fused-ring (bicyclic) bond motifs is 1. The van der Waals surface area contributed by atoms with Crippen molar-refractivity contribution in [2.45, 2.75) is 32.2 Å². The van der Waals surface area contributed by atoms with Crippen LogP contribution in [-0.4, -0.2) is 57.7 Å². The summed E-state index contributed by atoms with van der Waals surface area (Å²) in [6.07, 6.45) is 3.80. The van der Waals surface area contributed by atoms with E-state index in [0.717, 1.165) is 48.5 Å². The Morgan fingerprint density at radius 3 is 2.72 bits per heavy atom. The summed E-state index contributed by atoms with van der Waals surface area (Å²) >= 11 is 0. The molecule has 1 atom stereocenters. The summed E-state index contributed by atoms with van der Waals surface area (Å²) in [6.45, 7) is 3.95. The molecule has 0 aromatic carbocycles. The Hall–Kier alpha value is -2.18. The molecule has 4 rings (SSSR count). The van der Waals surface area contributed by atoms with E-state index < -0.39 is 6.67 Å². The van der Waals surface area contributed by atoms with E-state index in [1.165, 1.54) is 0 Å². The van der Waals surface area contributed by atoms with E-state index in [4.69, 9.17) is 0 Å². The summed E-state index contributed by atoms with van der Waals surface area (Å²) in [5.74, 6) is 0.968. The lowest BCUT2D eigenvalue weighted by molar-refractivity contribution is -0.130. The third-order valence-corrected chi connectivity index (χ3v) is 5.70. The van der Waals surface area contributed by atoms with Gasteiger partial charge in [-0.05, 0) is 25.8 Å². The van der Waals surface area contributed by atoms with E-state index in [9.17, 15) is 9.18 Å². The Balaban J connectivity index is 1.50. The minimum atomic E-state index is -0.396. The van der Waals surface area contributed by atoms with E-state index in [0.29, 0.717) is 13.0 Å². The summed E-state index contributed by atoms with van der Waals surface area (Å²) in [6, 6.07) is 2.31. The quantitative estimate of drug-likeness (QED) is 0.854. The van der Waals surface area contributed by atoms with Gasteiger partial charge in [-0.2, -0.15) is 0 Å². The molecule has 2 saturated heterocycles. The highest BCUT2D eigenvalue weighted by Gasteiger charge is 2.36. The molecular formula is C18H24FN5O. The normalized spacial score (nSPS) is 22.4. The largest absolute Gasteiger partial charge is 0.355 e. The predicted octanol–water partition coefficient (Wildman–Crippen LogP) is 2.06. The van der Waals surface area contributed by atoms with Gasteiger partial charge in [-0.1, -0.05) is 0 Å². The molecule has 2 aromatic rings. The molecule has 0 N–H and O–H groups in total. The van der Waals surface area contributed by atoms with Crippen LogP contribution in [0.15, 0.2) is 12.4 Å². The molecule has 2 aromatic heterocycles. The monoisotopic (exact) mass is 345 g/mol. The molecule has 6 nitrogen and oxygen atoms in total. The molecule has 7 heteroatoms. The molecule has 0 saturated carbocycles. The predicted molar refractivity (Wildman–Crippen MR) is 94.3 cm³/mol. The van der Waals surface area contributed by atoms with E-state index in [-0.39, 0.29) is 17.9 Å². The number of alkyl halides is 1. The van der Waals surface area contributed by atoms with Crippen LogP contribution in [0.1, 0.15) is 25.0 Å². The summed E-state index contributed by atoms with van der Waals surface area (Å²) in [5, 5.41) is 0. The van der Waals surface area contributed by atoms with Crippen LogP contribution in [0.4, 0.5) is 10.2 Å². The van der Waals surface area contributed by atoms with Crippen LogP contribution in [0.25, 0.3) is 11.0 Å². The fourth-order valence-corrected chi connectivity index (χ4v) is 4.17. The standard InChI is InChI=1S/C18H24FN5O/c1-12-7-15-17(22(12)2)18(21-11-20-15)23-5-3-14(4-6-23)24-10-13(9-19)8-16(24)25/h7,11,13-14H,3-6,8-10H2,1-2H3. The molecule has 0 spiro atoms. The van der Waals surface area contributed by atoms with Crippen molar-refractivity contribution in [2.24, 2.45) is 13.0 Å². The van der Waals surface area contributed by atoms with Crippen LogP contribution in [0.5, 0.6) is 0 Å². The Bertz CT molecular complexity index is 796. The zero-order chi connectivity index (χ0) is 17.6. The second kappa shape index (κ2) is 6.28. The van der Waals surface area contributed by atoms with Crippen LogP contribution in [-0.2, 0) is 11.8 Å². The zero-order valence-corrected chi connectivity index (χ0v) is 14.8. The van der Waals surface area contributed by atoms with Gasteiger partial charge in [0.25, 0.3) is 0 Å². The number of halogens is 1. The lowest BCUT2D eigenvalue weighted by atomic mass is 10.0. The number of likely N-dealkylation sites (tertiary alicyclic amines) is 1. The van der Waals surface area contributed by atoms with Gasteiger partial charge in [0.05, 0.1) is 12.2 Å².